The third-order valence-corrected chi connectivity index (χ3v) is 0.941. The van der Waals surface area contributed by atoms with Crippen LogP contribution in [0.3, 0.4) is 0 Å². The van der Waals surface area contributed by atoms with Crippen LogP contribution in [-0.4, -0.2) is 19.5 Å². The van der Waals surface area contributed by atoms with Crippen molar-refractivity contribution < 1.29 is 28.3 Å². The van der Waals surface area contributed by atoms with E-state index < -0.39 is 0 Å². The molecule has 0 saturated carbocycles. The predicted octanol–water partition coefficient (Wildman–Crippen LogP) is -1.39. The van der Waals surface area contributed by atoms with Crippen molar-refractivity contribution in [3.8, 4) is 0 Å². The molecule has 0 radical (unpaired) electrons. The average molecular weight is 138 g/mol. The van der Waals surface area contributed by atoms with Gasteiger partial charge >= 0.3 is 18.9 Å². The van der Waals surface area contributed by atoms with E-state index in [4.69, 9.17) is 9.47 Å². The van der Waals surface area contributed by atoms with Crippen LogP contribution in [0.4, 0.5) is 0 Å². The van der Waals surface area contributed by atoms with Crippen molar-refractivity contribution in [2.75, 3.05) is 13.2 Å². The quantitative estimate of drug-likeness (QED) is 0.265. The monoisotopic (exact) mass is 138 g/mol. The summed E-state index contributed by atoms with van der Waals surface area (Å²) in [7, 11) is 0. The second-order valence-corrected chi connectivity index (χ2v) is 1.63. The molecule has 0 aliphatic carbocycles. The fourth-order valence-electron chi connectivity index (χ4n) is 0.587. The second kappa shape index (κ2) is 9.52. The van der Waals surface area contributed by atoms with Crippen molar-refractivity contribution in [3.05, 3.63) is 6.92 Å². The van der Waals surface area contributed by atoms with E-state index in [1.165, 1.54) is 0 Å². The van der Waals surface area contributed by atoms with E-state index in [0.29, 0.717) is 19.6 Å². The first-order valence-corrected chi connectivity index (χ1v) is 3.37. The largest absolute Gasteiger partial charge is 1.00 e. The molecule has 0 aromatic rings. The Bertz CT molecular complexity index is 53.6. The van der Waals surface area contributed by atoms with Crippen molar-refractivity contribution in [1.29, 1.82) is 0 Å². The van der Waals surface area contributed by atoms with Gasteiger partial charge in [0, 0.05) is 13.2 Å². The molecule has 56 valence electrons. The van der Waals surface area contributed by atoms with E-state index in [1.807, 2.05) is 13.8 Å². The molecule has 0 heterocycles. The van der Waals surface area contributed by atoms with Crippen LogP contribution in [0.15, 0.2) is 0 Å². The van der Waals surface area contributed by atoms with Gasteiger partial charge in [-0.3, -0.25) is 0 Å². The van der Waals surface area contributed by atoms with Gasteiger partial charge in [0.15, 0.2) is 0 Å². The Kier molecular flexibility index (Phi) is 12.5. The third kappa shape index (κ3) is 6.63. The van der Waals surface area contributed by atoms with Crippen LogP contribution in [0.2, 0.25) is 0 Å². The van der Waals surface area contributed by atoms with Crippen molar-refractivity contribution in [3.63, 3.8) is 0 Å². The average Bonchev–Trinajstić information content (AvgIpc) is 1.88. The van der Waals surface area contributed by atoms with Crippen molar-refractivity contribution in [2.24, 2.45) is 0 Å². The first-order chi connectivity index (χ1) is 4.35. The first kappa shape index (κ1) is 13.1. The zero-order chi connectivity index (χ0) is 7.11. The fourth-order valence-corrected chi connectivity index (χ4v) is 0.587. The van der Waals surface area contributed by atoms with Crippen LogP contribution < -0.4 is 18.9 Å². The van der Waals surface area contributed by atoms with Gasteiger partial charge in [-0.2, -0.15) is 0 Å². The van der Waals surface area contributed by atoms with E-state index >= 15 is 0 Å². The smallest absolute Gasteiger partial charge is 0.356 e. The van der Waals surface area contributed by atoms with Crippen LogP contribution in [-0.2, 0) is 9.47 Å². The minimum Gasteiger partial charge on any atom is -0.356 e. The van der Waals surface area contributed by atoms with Crippen LogP contribution in [0.25, 0.3) is 0 Å². The van der Waals surface area contributed by atoms with Crippen molar-refractivity contribution >= 4 is 0 Å². The third-order valence-electron chi connectivity index (χ3n) is 0.941. The van der Waals surface area contributed by atoms with E-state index in [0.717, 1.165) is 0 Å². The zero-order valence-corrected chi connectivity index (χ0v) is 7.22. The Morgan fingerprint density at radius 2 is 1.60 bits per heavy atom. The molecule has 0 amide bonds. The molecular formula is C7H15LiO2. The Morgan fingerprint density at radius 1 is 1.20 bits per heavy atom. The summed E-state index contributed by atoms with van der Waals surface area (Å²) in [6.45, 7) is 8.95. The van der Waals surface area contributed by atoms with Crippen LogP contribution in [0.5, 0.6) is 0 Å². The number of rotatable bonds is 5. The molecule has 0 aromatic carbocycles. The Hall–Kier alpha value is 0.517. The molecule has 0 N–H and O–H groups in total. The molecule has 0 aliphatic heterocycles. The molecule has 0 atom stereocenters. The van der Waals surface area contributed by atoms with Gasteiger partial charge in [-0.15, -0.1) is 6.42 Å². The molecule has 0 unspecified atom stereocenters. The molecular weight excluding hydrogens is 123 g/mol. The van der Waals surface area contributed by atoms with Gasteiger partial charge in [0.25, 0.3) is 0 Å². The van der Waals surface area contributed by atoms with Crippen LogP contribution in [0.1, 0.15) is 20.3 Å². The van der Waals surface area contributed by atoms with Gasteiger partial charge in [-0.05, 0) is 13.8 Å². The molecule has 10 heavy (non-hydrogen) atoms. The summed E-state index contributed by atoms with van der Waals surface area (Å²) in [6.07, 6.45) is 0.585. The summed E-state index contributed by atoms with van der Waals surface area (Å²) in [5.74, 6) is 0. The molecule has 0 bridgehead atoms. The summed E-state index contributed by atoms with van der Waals surface area (Å²) >= 11 is 0. The molecule has 0 fully saturated rings. The Labute approximate surface area is 75.5 Å². The van der Waals surface area contributed by atoms with E-state index in [-0.39, 0.29) is 25.2 Å². The summed E-state index contributed by atoms with van der Waals surface area (Å²) in [5, 5.41) is 0. The maximum absolute atomic E-state index is 5.15. The number of ether oxygens (including phenoxy) is 2. The summed E-state index contributed by atoms with van der Waals surface area (Å²) in [5.41, 5.74) is 0. The summed E-state index contributed by atoms with van der Waals surface area (Å²) in [4.78, 5) is 0. The van der Waals surface area contributed by atoms with Crippen molar-refractivity contribution in [2.45, 2.75) is 26.6 Å². The van der Waals surface area contributed by atoms with Gasteiger partial charge in [0.2, 0.25) is 0 Å². The molecule has 0 saturated heterocycles. The van der Waals surface area contributed by atoms with Crippen LogP contribution >= 0.6 is 0 Å². The molecule has 0 rings (SSSR count). The first-order valence-electron chi connectivity index (χ1n) is 3.37. The van der Waals surface area contributed by atoms with Crippen molar-refractivity contribution in [1.82, 2.24) is 0 Å². The number of hydrogen-bond acceptors (Lipinski definition) is 2. The molecule has 3 heteroatoms. The van der Waals surface area contributed by atoms with Gasteiger partial charge in [0.1, 0.15) is 6.29 Å². The molecule has 0 aliphatic rings. The minimum atomic E-state index is -0.0972. The van der Waals surface area contributed by atoms with E-state index in [2.05, 4.69) is 6.92 Å². The Balaban J connectivity index is 0. The maximum Gasteiger partial charge on any atom is 1.00 e. The van der Waals surface area contributed by atoms with Crippen LogP contribution in [0, 0.1) is 6.92 Å². The standard InChI is InChI=1S/C7H15O2.Li/c1-4-7(8-5-2)9-6-3;/h7H,1,4-6H2,2-3H3;/q-1;+1. The Morgan fingerprint density at radius 3 is 1.80 bits per heavy atom. The summed E-state index contributed by atoms with van der Waals surface area (Å²) < 4.78 is 10.3. The maximum atomic E-state index is 5.15. The van der Waals surface area contributed by atoms with Gasteiger partial charge < -0.3 is 16.4 Å². The van der Waals surface area contributed by atoms with E-state index in [9.17, 15) is 0 Å². The molecule has 0 spiro atoms. The zero-order valence-electron chi connectivity index (χ0n) is 7.22. The fraction of sp³-hybridized carbons (Fsp3) is 0.857. The minimum absolute atomic E-state index is 0. The SMILES string of the molecule is [CH2-]CC(OCC)OCC.[Li+]. The molecule has 0 aromatic heterocycles. The normalized spacial score (nSPS) is 9.60. The number of hydrogen-bond donors (Lipinski definition) is 0. The second-order valence-electron chi connectivity index (χ2n) is 1.63. The molecule has 2 nitrogen and oxygen atoms in total. The van der Waals surface area contributed by atoms with Gasteiger partial charge in [-0.1, -0.05) is 0 Å². The topological polar surface area (TPSA) is 18.5 Å². The predicted molar refractivity (Wildman–Crippen MR) is 37.0 cm³/mol. The summed E-state index contributed by atoms with van der Waals surface area (Å²) in [6, 6.07) is 0. The van der Waals surface area contributed by atoms with Gasteiger partial charge in [-0.25, -0.2) is 0 Å². The van der Waals surface area contributed by atoms with E-state index in [1.54, 1.807) is 0 Å². The van der Waals surface area contributed by atoms with Gasteiger partial charge in [0.05, 0.1) is 0 Å².